The number of aromatic nitrogens is 2. The summed E-state index contributed by atoms with van der Waals surface area (Å²) in [6.45, 7) is 8.61. The third-order valence-corrected chi connectivity index (χ3v) is 5.36. The number of fused-ring (bicyclic) bond motifs is 1. The molecule has 3 aromatic rings. The van der Waals surface area contributed by atoms with E-state index < -0.39 is 0 Å². The van der Waals surface area contributed by atoms with Crippen LogP contribution in [0.3, 0.4) is 0 Å². The molecule has 4 rings (SSSR count). The summed E-state index contributed by atoms with van der Waals surface area (Å²) in [5.74, 6) is 2.94. The Hall–Kier alpha value is -2.66. The third-order valence-electron chi connectivity index (χ3n) is 5.36. The summed E-state index contributed by atoms with van der Waals surface area (Å²) in [7, 11) is 0. The van der Waals surface area contributed by atoms with E-state index >= 15 is 0 Å². The van der Waals surface area contributed by atoms with Gasteiger partial charge in [0.1, 0.15) is 18.2 Å². The molecule has 1 aliphatic heterocycles. The van der Waals surface area contributed by atoms with E-state index in [9.17, 15) is 4.79 Å². The van der Waals surface area contributed by atoms with E-state index in [0.29, 0.717) is 23.3 Å². The lowest BCUT2D eigenvalue weighted by molar-refractivity contribution is 0.120. The normalized spacial score (nSPS) is 20.4. The zero-order valence-electron chi connectivity index (χ0n) is 16.5. The van der Waals surface area contributed by atoms with Gasteiger partial charge < -0.3 is 9.72 Å². The molecule has 2 aromatic carbocycles. The number of nitrogens with one attached hydrogen (secondary N) is 1. The maximum atomic E-state index is 12.3. The van der Waals surface area contributed by atoms with Crippen LogP contribution in [-0.2, 0) is 0 Å². The fourth-order valence-corrected chi connectivity index (χ4v) is 4.20. The Kier molecular flexibility index (Phi) is 5.44. The Morgan fingerprint density at radius 3 is 2.54 bits per heavy atom. The Balaban J connectivity index is 1.40. The van der Waals surface area contributed by atoms with Crippen LogP contribution < -0.4 is 10.3 Å². The maximum Gasteiger partial charge on any atom is 0.259 e. The monoisotopic (exact) mass is 377 g/mol. The second-order valence-electron chi connectivity index (χ2n) is 8.01. The van der Waals surface area contributed by atoms with E-state index in [2.05, 4.69) is 28.7 Å². The minimum Gasteiger partial charge on any atom is -0.492 e. The van der Waals surface area contributed by atoms with Crippen molar-refractivity contribution in [2.75, 3.05) is 26.2 Å². The highest BCUT2D eigenvalue weighted by Crippen LogP contribution is 2.22. The Bertz CT molecular complexity index is 987. The summed E-state index contributed by atoms with van der Waals surface area (Å²) in [5, 5.41) is 0.604. The van der Waals surface area contributed by atoms with E-state index in [0.717, 1.165) is 42.8 Å². The molecule has 0 saturated carbocycles. The first-order chi connectivity index (χ1) is 13.6. The first-order valence-corrected chi connectivity index (χ1v) is 10.0. The lowest BCUT2D eigenvalue weighted by Crippen LogP contribution is -2.40. The summed E-state index contributed by atoms with van der Waals surface area (Å²) >= 11 is 0. The van der Waals surface area contributed by atoms with Gasteiger partial charge in [0.25, 0.3) is 5.56 Å². The molecule has 1 saturated heterocycles. The molecule has 1 aliphatic rings. The first-order valence-electron chi connectivity index (χ1n) is 10.0. The van der Waals surface area contributed by atoms with Gasteiger partial charge in [-0.3, -0.25) is 9.69 Å². The van der Waals surface area contributed by atoms with Gasteiger partial charge in [-0.2, -0.15) is 0 Å². The van der Waals surface area contributed by atoms with Gasteiger partial charge in [0.05, 0.1) is 10.9 Å². The summed E-state index contributed by atoms with van der Waals surface area (Å²) in [6.07, 6.45) is 1.32. The number of aromatic amines is 1. The number of H-pyrrole nitrogens is 1. The van der Waals surface area contributed by atoms with Crippen molar-refractivity contribution in [2.24, 2.45) is 11.8 Å². The predicted molar refractivity (Wildman–Crippen MR) is 113 cm³/mol. The van der Waals surface area contributed by atoms with Crippen molar-refractivity contribution in [3.8, 4) is 17.1 Å². The zero-order chi connectivity index (χ0) is 19.5. The summed E-state index contributed by atoms with van der Waals surface area (Å²) in [5.41, 5.74) is 1.45. The number of piperidine rings is 1. The Morgan fingerprint density at radius 2 is 1.79 bits per heavy atom. The smallest absolute Gasteiger partial charge is 0.259 e. The van der Waals surface area contributed by atoms with E-state index in [1.54, 1.807) is 6.07 Å². The summed E-state index contributed by atoms with van der Waals surface area (Å²) in [6, 6.07) is 15.1. The zero-order valence-corrected chi connectivity index (χ0v) is 16.5. The van der Waals surface area contributed by atoms with Crippen LogP contribution in [0, 0.1) is 11.8 Å². The molecule has 146 valence electrons. The molecule has 1 fully saturated rings. The number of likely N-dealkylation sites (tertiary alicyclic amines) is 1. The number of hydrogen-bond acceptors (Lipinski definition) is 4. The van der Waals surface area contributed by atoms with Crippen LogP contribution in [0.1, 0.15) is 20.3 Å². The van der Waals surface area contributed by atoms with Gasteiger partial charge in [-0.05, 0) is 54.7 Å². The molecule has 0 spiro atoms. The Labute approximate surface area is 165 Å². The van der Waals surface area contributed by atoms with Gasteiger partial charge in [-0.25, -0.2) is 4.98 Å². The standard InChI is InChI=1S/C23H27N3O2/c1-16-13-17(2)15-26(14-16)11-12-28-19-9-7-18(8-10-19)22-24-21-6-4-3-5-20(21)23(27)25-22/h3-10,16-17H,11-15H2,1-2H3,(H,24,25,27). The Morgan fingerprint density at radius 1 is 1.07 bits per heavy atom. The van der Waals surface area contributed by atoms with Crippen LogP contribution >= 0.6 is 0 Å². The molecule has 5 nitrogen and oxygen atoms in total. The van der Waals surface area contributed by atoms with Crippen LogP contribution in [0.5, 0.6) is 5.75 Å². The first kappa shape index (κ1) is 18.7. The van der Waals surface area contributed by atoms with Gasteiger partial charge in [-0.15, -0.1) is 0 Å². The highest BCUT2D eigenvalue weighted by Gasteiger charge is 2.21. The van der Waals surface area contributed by atoms with Gasteiger partial charge in [0.15, 0.2) is 0 Å². The van der Waals surface area contributed by atoms with Crippen LogP contribution in [-0.4, -0.2) is 41.1 Å². The molecule has 28 heavy (non-hydrogen) atoms. The molecular weight excluding hydrogens is 350 g/mol. The van der Waals surface area contributed by atoms with Gasteiger partial charge in [0.2, 0.25) is 0 Å². The molecule has 0 bridgehead atoms. The predicted octanol–water partition coefficient (Wildman–Crippen LogP) is 3.95. The molecule has 2 unspecified atom stereocenters. The van der Waals surface area contributed by atoms with Gasteiger partial charge in [0, 0.05) is 25.2 Å². The SMILES string of the molecule is CC1CC(C)CN(CCOc2ccc(-c3nc4ccccc4c(=O)[nH]3)cc2)C1. The van der Waals surface area contributed by atoms with Crippen molar-refractivity contribution in [3.63, 3.8) is 0 Å². The number of hydrogen-bond donors (Lipinski definition) is 1. The minimum absolute atomic E-state index is 0.120. The topological polar surface area (TPSA) is 58.2 Å². The molecule has 0 radical (unpaired) electrons. The summed E-state index contributed by atoms with van der Waals surface area (Å²) < 4.78 is 5.93. The second-order valence-corrected chi connectivity index (χ2v) is 8.01. The van der Waals surface area contributed by atoms with Crippen molar-refractivity contribution in [3.05, 3.63) is 58.9 Å². The number of ether oxygens (including phenoxy) is 1. The van der Waals surface area contributed by atoms with E-state index in [4.69, 9.17) is 4.74 Å². The quantitative estimate of drug-likeness (QED) is 0.731. The number of nitrogens with zero attached hydrogens (tertiary/aromatic N) is 2. The molecule has 1 N–H and O–H groups in total. The van der Waals surface area contributed by atoms with Crippen LogP contribution in [0.15, 0.2) is 53.3 Å². The van der Waals surface area contributed by atoms with E-state index in [-0.39, 0.29) is 5.56 Å². The fourth-order valence-electron chi connectivity index (χ4n) is 4.20. The molecule has 1 aromatic heterocycles. The molecule has 0 aliphatic carbocycles. The van der Waals surface area contributed by atoms with Crippen LogP contribution in [0.25, 0.3) is 22.3 Å². The molecule has 5 heteroatoms. The van der Waals surface area contributed by atoms with Crippen molar-refractivity contribution >= 4 is 10.9 Å². The van der Waals surface area contributed by atoms with E-state index in [1.165, 1.54) is 6.42 Å². The lowest BCUT2D eigenvalue weighted by Gasteiger charge is -2.34. The van der Waals surface area contributed by atoms with E-state index in [1.807, 2.05) is 42.5 Å². The molecular formula is C23H27N3O2. The van der Waals surface area contributed by atoms with Crippen molar-refractivity contribution in [2.45, 2.75) is 20.3 Å². The lowest BCUT2D eigenvalue weighted by atomic mass is 9.92. The number of para-hydroxylation sites is 1. The van der Waals surface area contributed by atoms with Crippen molar-refractivity contribution in [1.82, 2.24) is 14.9 Å². The molecule has 2 atom stereocenters. The number of benzene rings is 2. The molecule has 0 amide bonds. The van der Waals surface area contributed by atoms with Crippen LogP contribution in [0.2, 0.25) is 0 Å². The maximum absolute atomic E-state index is 12.3. The minimum atomic E-state index is -0.120. The average molecular weight is 377 g/mol. The average Bonchev–Trinajstić information content (AvgIpc) is 2.68. The van der Waals surface area contributed by atoms with Gasteiger partial charge >= 0.3 is 0 Å². The highest BCUT2D eigenvalue weighted by molar-refractivity contribution is 5.79. The highest BCUT2D eigenvalue weighted by atomic mass is 16.5. The number of rotatable bonds is 5. The largest absolute Gasteiger partial charge is 0.492 e. The van der Waals surface area contributed by atoms with Crippen LogP contribution in [0.4, 0.5) is 0 Å². The van der Waals surface area contributed by atoms with Gasteiger partial charge in [-0.1, -0.05) is 26.0 Å². The summed E-state index contributed by atoms with van der Waals surface area (Å²) in [4.78, 5) is 22.2. The molecule has 2 heterocycles. The van der Waals surface area contributed by atoms with Crippen molar-refractivity contribution < 1.29 is 4.74 Å². The fraction of sp³-hybridized carbons (Fsp3) is 0.391. The third kappa shape index (κ3) is 4.25. The van der Waals surface area contributed by atoms with Crippen molar-refractivity contribution in [1.29, 1.82) is 0 Å². The second kappa shape index (κ2) is 8.15.